The van der Waals surface area contributed by atoms with E-state index in [9.17, 15) is 13.2 Å². The van der Waals surface area contributed by atoms with Crippen LogP contribution in [0.1, 0.15) is 31.9 Å². The van der Waals surface area contributed by atoms with E-state index in [1.165, 1.54) is 20.2 Å². The molecule has 0 radical (unpaired) electrons. The maximum absolute atomic E-state index is 12.3. The average Bonchev–Trinajstić information content (AvgIpc) is 2.40. The van der Waals surface area contributed by atoms with E-state index in [2.05, 4.69) is 5.32 Å². The van der Waals surface area contributed by atoms with Crippen LogP contribution in [0.25, 0.3) is 0 Å². The lowest BCUT2D eigenvalue weighted by atomic mass is 10.1. The van der Waals surface area contributed by atoms with Gasteiger partial charge in [0.1, 0.15) is 0 Å². The van der Waals surface area contributed by atoms with Crippen molar-refractivity contribution in [1.29, 1.82) is 0 Å². The molecule has 0 aliphatic rings. The van der Waals surface area contributed by atoms with Crippen LogP contribution < -0.4 is 5.32 Å². The third kappa shape index (κ3) is 5.51. The van der Waals surface area contributed by atoms with Gasteiger partial charge in [0, 0.05) is 24.5 Å². The minimum atomic E-state index is -3.53. The van der Waals surface area contributed by atoms with E-state index in [-0.39, 0.29) is 15.5 Å². The Morgan fingerprint density at radius 2 is 1.78 bits per heavy atom. The molecule has 1 amide bonds. The van der Waals surface area contributed by atoms with Gasteiger partial charge in [-0.15, -0.1) is 11.8 Å². The summed E-state index contributed by atoms with van der Waals surface area (Å²) in [6.07, 6.45) is 0. The highest BCUT2D eigenvalue weighted by Crippen LogP contribution is 2.27. The van der Waals surface area contributed by atoms with Crippen LogP contribution >= 0.6 is 11.8 Å². The van der Waals surface area contributed by atoms with Crippen molar-refractivity contribution >= 4 is 33.4 Å². The molecule has 1 rings (SSSR count). The Hall–Kier alpha value is -1.05. The summed E-state index contributed by atoms with van der Waals surface area (Å²) < 4.78 is 25.8. The fourth-order valence-electron chi connectivity index (χ4n) is 1.78. The number of carbonyl (C=O) groups is 1. The van der Waals surface area contributed by atoms with Crippen molar-refractivity contribution in [2.24, 2.45) is 0 Å². The number of anilines is 1. The molecule has 0 atom stereocenters. The van der Waals surface area contributed by atoms with Gasteiger partial charge in [-0.25, -0.2) is 12.7 Å². The third-order valence-corrected chi connectivity index (χ3v) is 6.40. The maximum Gasteiger partial charge on any atom is 0.242 e. The van der Waals surface area contributed by atoms with Gasteiger partial charge in [0.25, 0.3) is 0 Å². The molecule has 0 saturated carbocycles. The number of nitrogens with zero attached hydrogens (tertiary/aromatic N) is 1. The second kappa shape index (κ2) is 7.23. The van der Waals surface area contributed by atoms with E-state index < -0.39 is 10.0 Å². The first-order chi connectivity index (χ1) is 10.3. The summed E-state index contributed by atoms with van der Waals surface area (Å²) >= 11 is 1.55. The van der Waals surface area contributed by atoms with Gasteiger partial charge in [0.05, 0.1) is 10.6 Å². The molecule has 1 aromatic rings. The number of thioether (sulfide) groups is 1. The highest BCUT2D eigenvalue weighted by atomic mass is 32.2. The molecule has 0 aromatic heterocycles. The minimum absolute atomic E-state index is 0.00158. The number of rotatable bonds is 5. The highest BCUT2D eigenvalue weighted by molar-refractivity contribution is 8.01. The van der Waals surface area contributed by atoms with Crippen LogP contribution in [0.4, 0.5) is 5.69 Å². The van der Waals surface area contributed by atoms with Crippen LogP contribution in [-0.4, -0.2) is 43.2 Å². The molecule has 0 bridgehead atoms. The zero-order chi connectivity index (χ0) is 18.0. The predicted molar refractivity (Wildman–Crippen MR) is 97.6 cm³/mol. The molecule has 0 fully saturated rings. The lowest BCUT2D eigenvalue weighted by Crippen LogP contribution is -2.23. The van der Waals surface area contributed by atoms with Crippen molar-refractivity contribution in [2.45, 2.75) is 44.3 Å². The Bertz CT molecular complexity index is 690. The lowest BCUT2D eigenvalue weighted by Gasteiger charge is -2.19. The van der Waals surface area contributed by atoms with Crippen molar-refractivity contribution in [3.05, 3.63) is 23.3 Å². The van der Waals surface area contributed by atoms with Gasteiger partial charge in [-0.3, -0.25) is 4.79 Å². The number of carbonyl (C=O) groups excluding carboxylic acids is 1. The van der Waals surface area contributed by atoms with Crippen molar-refractivity contribution < 1.29 is 13.2 Å². The monoisotopic (exact) mass is 358 g/mol. The Labute approximate surface area is 143 Å². The van der Waals surface area contributed by atoms with E-state index in [0.717, 1.165) is 15.4 Å². The first-order valence-electron chi connectivity index (χ1n) is 7.32. The Kier molecular flexibility index (Phi) is 6.29. The third-order valence-electron chi connectivity index (χ3n) is 3.33. The van der Waals surface area contributed by atoms with E-state index >= 15 is 0 Å². The molecule has 7 heteroatoms. The van der Waals surface area contributed by atoms with Gasteiger partial charge < -0.3 is 5.32 Å². The summed E-state index contributed by atoms with van der Waals surface area (Å²) in [5.74, 6) is 0.193. The number of aryl methyl sites for hydroxylation is 1. The number of hydrogen-bond acceptors (Lipinski definition) is 4. The van der Waals surface area contributed by atoms with Crippen molar-refractivity contribution in [3.63, 3.8) is 0 Å². The molecule has 5 nitrogen and oxygen atoms in total. The molecule has 0 aliphatic carbocycles. The molecule has 0 spiro atoms. The summed E-state index contributed by atoms with van der Waals surface area (Å²) in [7, 11) is -0.555. The van der Waals surface area contributed by atoms with Crippen molar-refractivity contribution in [1.82, 2.24) is 4.31 Å². The van der Waals surface area contributed by atoms with E-state index in [1.54, 1.807) is 17.8 Å². The fourth-order valence-corrected chi connectivity index (χ4v) is 3.43. The highest BCUT2D eigenvalue weighted by Gasteiger charge is 2.20. The molecule has 0 unspecified atom stereocenters. The van der Waals surface area contributed by atoms with Gasteiger partial charge in [-0.2, -0.15) is 0 Å². The van der Waals surface area contributed by atoms with Crippen LogP contribution in [-0.2, 0) is 14.8 Å². The summed E-state index contributed by atoms with van der Waals surface area (Å²) in [6, 6.07) is 3.15. The smallest absolute Gasteiger partial charge is 0.242 e. The first kappa shape index (κ1) is 20.0. The standard InChI is InChI=1S/C16H26N2O3S2/c1-11-8-13(23(20,21)18(6)7)9-14(12(11)2)17-15(19)10-22-16(3,4)5/h8-9H,10H2,1-7H3,(H,17,19). The van der Waals surface area contributed by atoms with Crippen molar-refractivity contribution in [2.75, 3.05) is 25.2 Å². The molecule has 0 aliphatic heterocycles. The van der Waals surface area contributed by atoms with Gasteiger partial charge in [0.15, 0.2) is 0 Å². The quantitative estimate of drug-likeness (QED) is 0.878. The summed E-state index contributed by atoms with van der Waals surface area (Å²) in [6.45, 7) is 9.84. The molecule has 0 heterocycles. The van der Waals surface area contributed by atoms with Gasteiger partial charge in [0.2, 0.25) is 15.9 Å². The zero-order valence-electron chi connectivity index (χ0n) is 14.9. The fraction of sp³-hybridized carbons (Fsp3) is 0.562. The van der Waals surface area contributed by atoms with E-state index in [1.807, 2.05) is 34.6 Å². The lowest BCUT2D eigenvalue weighted by molar-refractivity contribution is -0.113. The molecule has 23 heavy (non-hydrogen) atoms. The van der Waals surface area contributed by atoms with Crippen LogP contribution in [0, 0.1) is 13.8 Å². The van der Waals surface area contributed by atoms with Crippen LogP contribution in [0.3, 0.4) is 0 Å². The Morgan fingerprint density at radius 1 is 1.22 bits per heavy atom. The van der Waals surface area contributed by atoms with Crippen molar-refractivity contribution in [3.8, 4) is 0 Å². The number of amides is 1. The largest absolute Gasteiger partial charge is 0.325 e. The Balaban J connectivity index is 3.08. The predicted octanol–water partition coefficient (Wildman–Crippen LogP) is 3.02. The SMILES string of the molecule is Cc1cc(S(=O)(=O)N(C)C)cc(NC(=O)CSC(C)(C)C)c1C. The number of nitrogens with one attached hydrogen (secondary N) is 1. The van der Waals surface area contributed by atoms with Gasteiger partial charge >= 0.3 is 0 Å². The molecule has 130 valence electrons. The normalized spacial score (nSPS) is 12.5. The van der Waals surface area contributed by atoms with E-state index in [4.69, 9.17) is 0 Å². The number of benzene rings is 1. The van der Waals surface area contributed by atoms with Gasteiger partial charge in [-0.05, 0) is 37.1 Å². The second-order valence-electron chi connectivity index (χ2n) is 6.65. The summed E-state index contributed by atoms with van der Waals surface area (Å²) in [5, 5.41) is 2.83. The maximum atomic E-state index is 12.3. The van der Waals surface area contributed by atoms with E-state index in [0.29, 0.717) is 11.4 Å². The summed E-state index contributed by atoms with van der Waals surface area (Å²) in [4.78, 5) is 12.3. The molecular formula is C16H26N2O3S2. The van der Waals surface area contributed by atoms with Crippen LogP contribution in [0.15, 0.2) is 17.0 Å². The molecular weight excluding hydrogens is 332 g/mol. The topological polar surface area (TPSA) is 66.5 Å². The zero-order valence-corrected chi connectivity index (χ0v) is 16.5. The van der Waals surface area contributed by atoms with Crippen LogP contribution in [0.2, 0.25) is 0 Å². The minimum Gasteiger partial charge on any atom is -0.325 e. The molecule has 0 saturated heterocycles. The molecule has 1 aromatic carbocycles. The summed E-state index contributed by atoms with van der Waals surface area (Å²) in [5.41, 5.74) is 2.24. The second-order valence-corrected chi connectivity index (χ2v) is 10.6. The average molecular weight is 359 g/mol. The number of hydrogen-bond donors (Lipinski definition) is 1. The Morgan fingerprint density at radius 3 is 2.26 bits per heavy atom. The first-order valence-corrected chi connectivity index (χ1v) is 9.75. The van der Waals surface area contributed by atoms with Gasteiger partial charge in [-0.1, -0.05) is 20.8 Å². The molecule has 1 N–H and O–H groups in total. The van der Waals surface area contributed by atoms with Crippen LogP contribution in [0.5, 0.6) is 0 Å². The number of sulfonamides is 1.